The van der Waals surface area contributed by atoms with Crippen LogP contribution in [0.4, 0.5) is 0 Å². The lowest BCUT2D eigenvalue weighted by atomic mass is 10.0. The first-order valence-corrected chi connectivity index (χ1v) is 8.16. The van der Waals surface area contributed by atoms with Crippen molar-refractivity contribution in [3.63, 3.8) is 0 Å². The van der Waals surface area contributed by atoms with Crippen molar-refractivity contribution in [1.82, 2.24) is 9.97 Å². The zero-order valence-electron chi connectivity index (χ0n) is 13.8. The molecule has 0 spiro atoms. The normalized spacial score (nSPS) is 10.7. The maximum absolute atomic E-state index is 4.33. The summed E-state index contributed by atoms with van der Waals surface area (Å²) in [7, 11) is 0. The molecule has 0 saturated carbocycles. The Kier molecular flexibility index (Phi) is 4.82. The number of aryl methyl sites for hydroxylation is 2. The van der Waals surface area contributed by atoms with Gasteiger partial charge in [0.2, 0.25) is 0 Å². The smallest absolute Gasteiger partial charge is 0.115 e. The van der Waals surface area contributed by atoms with E-state index in [1.165, 1.54) is 22.3 Å². The Labute approximate surface area is 138 Å². The number of benzene rings is 2. The highest BCUT2D eigenvalue weighted by Crippen LogP contribution is 2.14. The second-order valence-corrected chi connectivity index (χ2v) is 5.99. The van der Waals surface area contributed by atoms with Gasteiger partial charge in [0.25, 0.3) is 0 Å². The Hall–Kier alpha value is -2.48. The Balaban J connectivity index is 1.66. The number of hydrogen-bond acceptors (Lipinski definition) is 2. The second-order valence-electron chi connectivity index (χ2n) is 5.99. The fourth-order valence-electron chi connectivity index (χ4n) is 2.72. The summed E-state index contributed by atoms with van der Waals surface area (Å²) in [5.41, 5.74) is 7.47. The van der Waals surface area contributed by atoms with Gasteiger partial charge in [-0.05, 0) is 48.1 Å². The summed E-state index contributed by atoms with van der Waals surface area (Å²) in [5.74, 6) is 0. The lowest BCUT2D eigenvalue weighted by Crippen LogP contribution is -1.95. The zero-order valence-corrected chi connectivity index (χ0v) is 13.8. The summed E-state index contributed by atoms with van der Waals surface area (Å²) in [5, 5.41) is 0. The minimum Gasteiger partial charge on any atom is -0.242 e. The molecule has 116 valence electrons. The average molecular weight is 302 g/mol. The third-order valence-electron chi connectivity index (χ3n) is 4.11. The van der Waals surface area contributed by atoms with Crippen molar-refractivity contribution in [3.05, 3.63) is 94.6 Å². The minimum atomic E-state index is 0.856. The molecule has 0 aliphatic carbocycles. The fraction of sp³-hybridized carbons (Fsp3) is 0.238. The number of rotatable bonds is 5. The summed E-state index contributed by atoms with van der Waals surface area (Å²) in [6.45, 7) is 4.19. The van der Waals surface area contributed by atoms with E-state index in [0.29, 0.717) is 0 Å². The molecule has 0 saturated heterocycles. The molecule has 3 rings (SSSR count). The Morgan fingerprint density at radius 1 is 0.696 bits per heavy atom. The molecule has 2 heteroatoms. The van der Waals surface area contributed by atoms with E-state index < -0.39 is 0 Å². The van der Waals surface area contributed by atoms with Crippen LogP contribution in [0.5, 0.6) is 0 Å². The van der Waals surface area contributed by atoms with Crippen molar-refractivity contribution < 1.29 is 0 Å². The average Bonchev–Trinajstić information content (AvgIpc) is 2.57. The van der Waals surface area contributed by atoms with E-state index in [9.17, 15) is 0 Å². The molecule has 0 unspecified atom stereocenters. The van der Waals surface area contributed by atoms with Crippen molar-refractivity contribution in [1.29, 1.82) is 0 Å². The second kappa shape index (κ2) is 7.19. The monoisotopic (exact) mass is 302 g/mol. The van der Waals surface area contributed by atoms with Crippen LogP contribution in [-0.2, 0) is 19.3 Å². The number of nitrogens with zero attached hydrogens (tertiary/aromatic N) is 2. The molecular weight excluding hydrogens is 280 g/mol. The van der Waals surface area contributed by atoms with Gasteiger partial charge in [0.05, 0.1) is 0 Å². The molecular formula is C21H22N2. The summed E-state index contributed by atoms with van der Waals surface area (Å²) in [6.07, 6.45) is 4.57. The van der Waals surface area contributed by atoms with Crippen LogP contribution in [0.3, 0.4) is 0 Å². The molecule has 1 heterocycles. The van der Waals surface area contributed by atoms with Crippen LogP contribution in [-0.4, -0.2) is 9.97 Å². The molecule has 0 bridgehead atoms. The van der Waals surface area contributed by atoms with Gasteiger partial charge < -0.3 is 0 Å². The summed E-state index contributed by atoms with van der Waals surface area (Å²) >= 11 is 0. The lowest BCUT2D eigenvalue weighted by molar-refractivity contribution is 0.997. The van der Waals surface area contributed by atoms with Gasteiger partial charge in [0.1, 0.15) is 6.33 Å². The molecule has 1 aromatic heterocycles. The first kappa shape index (κ1) is 15.4. The highest BCUT2D eigenvalue weighted by atomic mass is 14.8. The van der Waals surface area contributed by atoms with Crippen molar-refractivity contribution >= 4 is 0 Å². The van der Waals surface area contributed by atoms with Crippen LogP contribution in [0, 0.1) is 6.92 Å². The number of hydrogen-bond donors (Lipinski definition) is 0. The van der Waals surface area contributed by atoms with Crippen molar-refractivity contribution in [2.45, 2.75) is 33.1 Å². The van der Waals surface area contributed by atoms with Crippen LogP contribution in [0.15, 0.2) is 60.9 Å². The molecule has 0 amide bonds. The lowest BCUT2D eigenvalue weighted by Gasteiger charge is -2.06. The zero-order chi connectivity index (χ0) is 16.1. The largest absolute Gasteiger partial charge is 0.242 e. The molecule has 0 aliphatic heterocycles. The summed E-state index contributed by atoms with van der Waals surface area (Å²) in [6, 6.07) is 19.8. The Morgan fingerprint density at radius 2 is 1.22 bits per heavy atom. The first-order valence-electron chi connectivity index (χ1n) is 8.16. The maximum atomic E-state index is 4.33. The molecule has 0 fully saturated rings. The minimum absolute atomic E-state index is 0.856. The van der Waals surface area contributed by atoms with Crippen LogP contribution in [0.2, 0.25) is 0 Å². The molecule has 2 aromatic carbocycles. The topological polar surface area (TPSA) is 25.8 Å². The molecule has 0 N–H and O–H groups in total. The maximum Gasteiger partial charge on any atom is 0.115 e. The van der Waals surface area contributed by atoms with E-state index in [-0.39, 0.29) is 0 Å². The van der Waals surface area contributed by atoms with Gasteiger partial charge in [-0.15, -0.1) is 0 Å². The van der Waals surface area contributed by atoms with Gasteiger partial charge in [0, 0.05) is 17.8 Å². The van der Waals surface area contributed by atoms with Crippen LogP contribution >= 0.6 is 0 Å². The van der Waals surface area contributed by atoms with E-state index in [4.69, 9.17) is 0 Å². The quantitative estimate of drug-likeness (QED) is 0.692. The van der Waals surface area contributed by atoms with Crippen LogP contribution in [0.1, 0.15) is 40.6 Å². The SMILES string of the molecule is CCc1ccc(Cc2ccc(Cc3cc(C)ncn3)cc2)cc1. The molecule has 0 aliphatic rings. The van der Waals surface area contributed by atoms with E-state index in [2.05, 4.69) is 65.4 Å². The first-order chi connectivity index (χ1) is 11.2. The van der Waals surface area contributed by atoms with E-state index >= 15 is 0 Å². The molecule has 0 radical (unpaired) electrons. The predicted molar refractivity (Wildman–Crippen MR) is 94.6 cm³/mol. The van der Waals surface area contributed by atoms with Crippen molar-refractivity contribution in [2.75, 3.05) is 0 Å². The van der Waals surface area contributed by atoms with E-state index in [1.807, 2.05) is 13.0 Å². The van der Waals surface area contributed by atoms with Crippen molar-refractivity contribution in [2.24, 2.45) is 0 Å². The van der Waals surface area contributed by atoms with Crippen molar-refractivity contribution in [3.8, 4) is 0 Å². The number of aromatic nitrogens is 2. The summed E-state index contributed by atoms with van der Waals surface area (Å²) < 4.78 is 0. The molecule has 0 atom stereocenters. The highest BCUT2D eigenvalue weighted by molar-refractivity contribution is 5.31. The van der Waals surface area contributed by atoms with Gasteiger partial charge in [0.15, 0.2) is 0 Å². The van der Waals surface area contributed by atoms with Gasteiger partial charge in [-0.2, -0.15) is 0 Å². The molecule has 2 nitrogen and oxygen atoms in total. The Morgan fingerprint density at radius 3 is 1.74 bits per heavy atom. The van der Waals surface area contributed by atoms with Gasteiger partial charge in [-0.3, -0.25) is 0 Å². The molecule has 23 heavy (non-hydrogen) atoms. The van der Waals surface area contributed by atoms with Gasteiger partial charge in [-0.25, -0.2) is 9.97 Å². The highest BCUT2D eigenvalue weighted by Gasteiger charge is 2.01. The fourth-order valence-corrected chi connectivity index (χ4v) is 2.72. The van der Waals surface area contributed by atoms with E-state index in [0.717, 1.165) is 30.7 Å². The van der Waals surface area contributed by atoms with Gasteiger partial charge in [-0.1, -0.05) is 55.5 Å². The van der Waals surface area contributed by atoms with Crippen LogP contribution < -0.4 is 0 Å². The summed E-state index contributed by atoms with van der Waals surface area (Å²) in [4.78, 5) is 8.47. The van der Waals surface area contributed by atoms with E-state index in [1.54, 1.807) is 6.33 Å². The standard InChI is InChI=1S/C21H22N2/c1-3-17-4-6-18(7-5-17)13-19-8-10-20(11-9-19)14-21-12-16(2)22-15-23-21/h4-12,15H,3,13-14H2,1-2H3. The van der Waals surface area contributed by atoms with Crippen LogP contribution in [0.25, 0.3) is 0 Å². The third kappa shape index (κ3) is 4.26. The predicted octanol–water partition coefficient (Wildman–Crippen LogP) is 4.53. The van der Waals surface area contributed by atoms with Gasteiger partial charge >= 0.3 is 0 Å². The Bertz CT molecular complexity index is 759. The molecule has 3 aromatic rings. The third-order valence-corrected chi connectivity index (χ3v) is 4.11.